The molecule has 0 unspecified atom stereocenters. The summed E-state index contributed by atoms with van der Waals surface area (Å²) in [5.74, 6) is 0.0179. The predicted octanol–water partition coefficient (Wildman–Crippen LogP) is 1.20. The van der Waals surface area contributed by atoms with Gasteiger partial charge in [-0.3, -0.25) is 4.79 Å². The first-order valence-corrected chi connectivity index (χ1v) is 3.90. The highest BCUT2D eigenvalue weighted by Crippen LogP contribution is 2.12. The Bertz CT molecular complexity index is 242. The maximum Gasteiger partial charge on any atom is 0.177 e. The van der Waals surface area contributed by atoms with E-state index >= 15 is 0 Å². The molecule has 0 atom stereocenters. The summed E-state index contributed by atoms with van der Waals surface area (Å²) in [5, 5.41) is 1.84. The summed E-state index contributed by atoms with van der Waals surface area (Å²) in [6.45, 7) is 2.08. The number of rotatable bonds is 2. The third-order valence-electron chi connectivity index (χ3n) is 1.24. The van der Waals surface area contributed by atoms with Crippen molar-refractivity contribution >= 4 is 17.1 Å². The monoisotopic (exact) mass is 155 g/mol. The zero-order chi connectivity index (χ0) is 7.56. The van der Waals surface area contributed by atoms with Gasteiger partial charge < -0.3 is 5.73 Å². The lowest BCUT2D eigenvalue weighted by molar-refractivity contribution is 0.100. The summed E-state index contributed by atoms with van der Waals surface area (Å²) in [7, 11) is 0. The van der Waals surface area contributed by atoms with Crippen LogP contribution in [0.25, 0.3) is 0 Å². The van der Waals surface area contributed by atoms with Gasteiger partial charge >= 0.3 is 0 Å². The molecule has 0 saturated heterocycles. The Kier molecular flexibility index (Phi) is 2.19. The minimum absolute atomic E-state index is 0.0179. The molecule has 0 aliphatic carbocycles. The second-order valence-electron chi connectivity index (χ2n) is 2.07. The summed E-state index contributed by atoms with van der Waals surface area (Å²) in [6, 6.07) is 1.86. The third-order valence-corrected chi connectivity index (χ3v) is 2.10. The van der Waals surface area contributed by atoms with Crippen LogP contribution in [0.5, 0.6) is 0 Å². The van der Waals surface area contributed by atoms with Crippen LogP contribution in [0.15, 0.2) is 11.4 Å². The molecule has 0 spiro atoms. The number of ketones is 1. The minimum Gasteiger partial charge on any atom is -0.324 e. The van der Waals surface area contributed by atoms with Gasteiger partial charge in [-0.25, -0.2) is 0 Å². The largest absolute Gasteiger partial charge is 0.324 e. The first kappa shape index (κ1) is 7.44. The van der Waals surface area contributed by atoms with Gasteiger partial charge in [-0.05, 0) is 13.0 Å². The Hall–Kier alpha value is -0.670. The topological polar surface area (TPSA) is 43.1 Å². The number of hydrogen-bond donors (Lipinski definition) is 1. The molecule has 1 aromatic rings. The van der Waals surface area contributed by atoms with Crippen LogP contribution < -0.4 is 5.73 Å². The molecule has 1 aromatic heterocycles. The molecule has 2 N–H and O–H groups in total. The highest BCUT2D eigenvalue weighted by atomic mass is 32.1. The van der Waals surface area contributed by atoms with Gasteiger partial charge in [0, 0.05) is 15.8 Å². The number of carbonyl (C=O) groups is 1. The Balaban J connectivity index is 2.85. The molecule has 1 rings (SSSR count). The van der Waals surface area contributed by atoms with Crippen LogP contribution in [0, 0.1) is 6.92 Å². The predicted molar refractivity (Wildman–Crippen MR) is 42.4 cm³/mol. The number of hydrogen-bond acceptors (Lipinski definition) is 3. The van der Waals surface area contributed by atoms with E-state index in [-0.39, 0.29) is 12.3 Å². The van der Waals surface area contributed by atoms with E-state index in [1.807, 2.05) is 18.4 Å². The van der Waals surface area contributed by atoms with Gasteiger partial charge in [-0.15, -0.1) is 11.3 Å². The van der Waals surface area contributed by atoms with Crippen LogP contribution in [0.3, 0.4) is 0 Å². The molecule has 0 aliphatic rings. The molecule has 54 valence electrons. The van der Waals surface area contributed by atoms with Crippen molar-refractivity contribution in [1.29, 1.82) is 0 Å². The van der Waals surface area contributed by atoms with E-state index in [0.717, 1.165) is 10.4 Å². The van der Waals surface area contributed by atoms with Gasteiger partial charge in [0.05, 0.1) is 6.54 Å². The quantitative estimate of drug-likeness (QED) is 0.652. The van der Waals surface area contributed by atoms with Crippen molar-refractivity contribution in [1.82, 2.24) is 0 Å². The number of carbonyl (C=O) groups excluding carboxylic acids is 1. The third kappa shape index (κ3) is 1.43. The maximum atomic E-state index is 10.9. The summed E-state index contributed by atoms with van der Waals surface area (Å²) in [4.78, 5) is 12.1. The van der Waals surface area contributed by atoms with Crippen molar-refractivity contribution < 1.29 is 4.79 Å². The zero-order valence-corrected chi connectivity index (χ0v) is 6.57. The fourth-order valence-corrected chi connectivity index (χ4v) is 1.41. The van der Waals surface area contributed by atoms with E-state index in [9.17, 15) is 4.79 Å². The lowest BCUT2D eigenvalue weighted by Gasteiger charge is -1.87. The fraction of sp³-hybridized carbons (Fsp3) is 0.286. The van der Waals surface area contributed by atoms with Crippen LogP contribution in [0.4, 0.5) is 0 Å². The first-order valence-electron chi connectivity index (χ1n) is 3.02. The minimum atomic E-state index is 0.0179. The summed E-state index contributed by atoms with van der Waals surface area (Å²) in [6.07, 6.45) is 0. The molecule has 0 fully saturated rings. The molecule has 1 heterocycles. The molecule has 10 heavy (non-hydrogen) atoms. The number of Topliss-reactive ketones (excluding diaryl/α,β-unsaturated/α-hetero) is 1. The van der Waals surface area contributed by atoms with Crippen molar-refractivity contribution in [2.45, 2.75) is 6.92 Å². The lowest BCUT2D eigenvalue weighted by Crippen LogP contribution is -2.12. The van der Waals surface area contributed by atoms with E-state index < -0.39 is 0 Å². The molecule has 0 aliphatic heterocycles. The van der Waals surface area contributed by atoms with E-state index in [0.29, 0.717) is 0 Å². The van der Waals surface area contributed by atoms with Gasteiger partial charge in [0.15, 0.2) is 5.78 Å². The Morgan fingerprint density at radius 3 is 2.90 bits per heavy atom. The Morgan fingerprint density at radius 1 is 1.80 bits per heavy atom. The fourth-order valence-electron chi connectivity index (χ4n) is 0.708. The van der Waals surface area contributed by atoms with Crippen LogP contribution in [-0.2, 0) is 0 Å². The zero-order valence-electron chi connectivity index (χ0n) is 5.76. The smallest absolute Gasteiger partial charge is 0.177 e. The normalized spacial score (nSPS) is 9.80. The van der Waals surface area contributed by atoms with E-state index in [2.05, 4.69) is 0 Å². The van der Waals surface area contributed by atoms with Crippen molar-refractivity contribution in [3.8, 4) is 0 Å². The molecule has 0 saturated carbocycles. The first-order chi connectivity index (χ1) is 4.74. The number of thiophene rings is 1. The second kappa shape index (κ2) is 2.94. The summed E-state index contributed by atoms with van der Waals surface area (Å²) < 4.78 is 0. The highest BCUT2D eigenvalue weighted by Gasteiger charge is 2.03. The summed E-state index contributed by atoms with van der Waals surface area (Å²) >= 11 is 1.57. The standard InChI is InChI=1S/C7H9NOS/c1-5-2-6(4-10-5)7(9)3-8/h2,4H,3,8H2,1H3. The second-order valence-corrected chi connectivity index (χ2v) is 3.19. The molecule has 0 bridgehead atoms. The van der Waals surface area contributed by atoms with Gasteiger partial charge in [0.1, 0.15) is 0 Å². The van der Waals surface area contributed by atoms with E-state index in [4.69, 9.17) is 5.73 Å². The molecule has 0 aromatic carbocycles. The van der Waals surface area contributed by atoms with Crippen molar-refractivity contribution in [3.63, 3.8) is 0 Å². The molecule has 0 amide bonds. The number of aryl methyl sites for hydroxylation is 1. The Labute approximate surface area is 63.7 Å². The molecule has 0 radical (unpaired) electrons. The van der Waals surface area contributed by atoms with E-state index in [1.165, 1.54) is 0 Å². The summed E-state index contributed by atoms with van der Waals surface area (Å²) in [5.41, 5.74) is 5.91. The highest BCUT2D eigenvalue weighted by molar-refractivity contribution is 7.10. The molecular formula is C7H9NOS. The number of nitrogens with two attached hydrogens (primary N) is 1. The van der Waals surface area contributed by atoms with Crippen LogP contribution >= 0.6 is 11.3 Å². The molecule has 2 nitrogen and oxygen atoms in total. The average molecular weight is 155 g/mol. The van der Waals surface area contributed by atoms with Gasteiger partial charge in [-0.2, -0.15) is 0 Å². The lowest BCUT2D eigenvalue weighted by atomic mass is 10.2. The van der Waals surface area contributed by atoms with Gasteiger partial charge in [-0.1, -0.05) is 0 Å². The van der Waals surface area contributed by atoms with Crippen LogP contribution in [-0.4, -0.2) is 12.3 Å². The van der Waals surface area contributed by atoms with Crippen LogP contribution in [0.2, 0.25) is 0 Å². The SMILES string of the molecule is Cc1cc(C(=O)CN)cs1. The van der Waals surface area contributed by atoms with E-state index in [1.54, 1.807) is 11.3 Å². The molecule has 3 heteroatoms. The van der Waals surface area contributed by atoms with Crippen molar-refractivity contribution in [3.05, 3.63) is 21.9 Å². The Morgan fingerprint density at radius 2 is 2.50 bits per heavy atom. The average Bonchev–Trinajstić information content (AvgIpc) is 2.34. The van der Waals surface area contributed by atoms with Gasteiger partial charge in [0.25, 0.3) is 0 Å². The van der Waals surface area contributed by atoms with Crippen LogP contribution in [0.1, 0.15) is 15.2 Å². The van der Waals surface area contributed by atoms with Gasteiger partial charge in [0.2, 0.25) is 0 Å². The molecular weight excluding hydrogens is 146 g/mol. The maximum absolute atomic E-state index is 10.9. The van der Waals surface area contributed by atoms with Crippen molar-refractivity contribution in [2.24, 2.45) is 5.73 Å². The van der Waals surface area contributed by atoms with Crippen molar-refractivity contribution in [2.75, 3.05) is 6.54 Å².